The van der Waals surface area contributed by atoms with Gasteiger partial charge in [-0.05, 0) is 23.8 Å². The summed E-state index contributed by atoms with van der Waals surface area (Å²) in [5.74, 6) is 0.160. The zero-order valence-corrected chi connectivity index (χ0v) is 9.69. The number of benzene rings is 1. The van der Waals surface area contributed by atoms with Gasteiger partial charge in [-0.2, -0.15) is 5.26 Å². The molecule has 0 aliphatic carbocycles. The zero-order chi connectivity index (χ0) is 11.4. The number of thioether (sulfide) groups is 1. The third-order valence-corrected chi connectivity index (χ3v) is 3.78. The van der Waals surface area contributed by atoms with Gasteiger partial charge in [0.1, 0.15) is 11.3 Å². The second-order valence-corrected chi connectivity index (χ2v) is 4.97. The largest absolute Gasteiger partial charge is 0.207 e. The van der Waals surface area contributed by atoms with Crippen molar-refractivity contribution in [3.05, 3.63) is 40.7 Å². The molecule has 3 nitrogen and oxygen atoms in total. The average molecular weight is 251 g/mol. The number of hydrogen-bond acceptors (Lipinski definition) is 5. The Balaban J connectivity index is 2.12. The van der Waals surface area contributed by atoms with Crippen molar-refractivity contribution < 1.29 is 4.39 Å². The molecule has 0 aliphatic heterocycles. The van der Waals surface area contributed by atoms with Crippen LogP contribution in [0.4, 0.5) is 4.39 Å². The molecule has 0 unspecified atom stereocenters. The van der Waals surface area contributed by atoms with Gasteiger partial charge in [0.15, 0.2) is 4.34 Å². The molecule has 1 heterocycles. The van der Waals surface area contributed by atoms with Gasteiger partial charge >= 0.3 is 0 Å². The van der Waals surface area contributed by atoms with E-state index >= 15 is 0 Å². The Hall–Kier alpha value is -1.45. The van der Waals surface area contributed by atoms with Crippen molar-refractivity contribution in [1.29, 1.82) is 5.26 Å². The molecule has 1 aromatic heterocycles. The first-order chi connectivity index (χ1) is 7.79. The van der Waals surface area contributed by atoms with Crippen LogP contribution in [0, 0.1) is 17.1 Å². The van der Waals surface area contributed by atoms with Crippen LogP contribution in [0.3, 0.4) is 0 Å². The lowest BCUT2D eigenvalue weighted by Crippen LogP contribution is -1.89. The normalized spacial score (nSPS) is 10.0. The van der Waals surface area contributed by atoms with Crippen LogP contribution in [-0.4, -0.2) is 10.2 Å². The van der Waals surface area contributed by atoms with Crippen LogP contribution in [0.25, 0.3) is 0 Å². The average Bonchev–Trinajstić information content (AvgIpc) is 2.81. The molecule has 2 rings (SSSR count). The fraction of sp³-hybridized carbons (Fsp3) is 0.100. The molecule has 0 fully saturated rings. The van der Waals surface area contributed by atoms with E-state index in [1.54, 1.807) is 11.6 Å². The third-order valence-electron chi connectivity index (χ3n) is 1.87. The summed E-state index contributed by atoms with van der Waals surface area (Å²) in [6, 6.07) is 6.33. The minimum atomic E-state index is -0.295. The maximum absolute atomic E-state index is 13.4. The molecule has 16 heavy (non-hydrogen) atoms. The predicted molar refractivity (Wildman–Crippen MR) is 60.6 cm³/mol. The summed E-state index contributed by atoms with van der Waals surface area (Å²) < 4.78 is 14.2. The second kappa shape index (κ2) is 5.05. The van der Waals surface area contributed by atoms with E-state index in [0.717, 1.165) is 4.34 Å². The lowest BCUT2D eigenvalue weighted by Gasteiger charge is -2.01. The Morgan fingerprint density at radius 1 is 1.50 bits per heavy atom. The quantitative estimate of drug-likeness (QED) is 0.787. The summed E-state index contributed by atoms with van der Waals surface area (Å²) in [7, 11) is 0. The number of rotatable bonds is 3. The van der Waals surface area contributed by atoms with E-state index in [1.807, 2.05) is 6.07 Å². The molecule has 0 saturated carbocycles. The maximum atomic E-state index is 13.4. The Bertz CT molecular complexity index is 519. The van der Waals surface area contributed by atoms with Crippen LogP contribution in [0.15, 0.2) is 28.0 Å². The van der Waals surface area contributed by atoms with E-state index in [4.69, 9.17) is 5.26 Å². The van der Waals surface area contributed by atoms with Gasteiger partial charge in [0.25, 0.3) is 0 Å². The van der Waals surface area contributed by atoms with Gasteiger partial charge in [0, 0.05) is 5.75 Å². The first-order valence-electron chi connectivity index (χ1n) is 4.37. The van der Waals surface area contributed by atoms with Gasteiger partial charge in [-0.15, -0.1) is 10.2 Å². The van der Waals surface area contributed by atoms with Crippen LogP contribution in [0.2, 0.25) is 0 Å². The predicted octanol–water partition coefficient (Wildman–Crippen LogP) is 2.84. The van der Waals surface area contributed by atoms with Gasteiger partial charge < -0.3 is 0 Å². The minimum Gasteiger partial charge on any atom is -0.207 e. The Morgan fingerprint density at radius 3 is 3.06 bits per heavy atom. The number of aromatic nitrogens is 2. The summed E-state index contributed by atoms with van der Waals surface area (Å²) in [6.45, 7) is 0. The second-order valence-electron chi connectivity index (χ2n) is 2.91. The SMILES string of the molecule is N#Cc1ccc(F)c(CSc2nncs2)c1. The number of hydrogen-bond donors (Lipinski definition) is 0. The summed E-state index contributed by atoms with van der Waals surface area (Å²) in [4.78, 5) is 0. The molecular formula is C10H6FN3S2. The van der Waals surface area contributed by atoms with Gasteiger partial charge in [-0.25, -0.2) is 4.39 Å². The van der Waals surface area contributed by atoms with E-state index < -0.39 is 0 Å². The lowest BCUT2D eigenvalue weighted by molar-refractivity contribution is 0.617. The molecule has 0 radical (unpaired) electrons. The summed E-state index contributed by atoms with van der Waals surface area (Å²) >= 11 is 2.82. The molecule has 6 heteroatoms. The Morgan fingerprint density at radius 2 is 2.38 bits per heavy atom. The van der Waals surface area contributed by atoms with E-state index in [9.17, 15) is 4.39 Å². The van der Waals surface area contributed by atoms with Crippen LogP contribution in [-0.2, 0) is 5.75 Å². The molecular weight excluding hydrogens is 245 g/mol. The van der Waals surface area contributed by atoms with Crippen molar-refractivity contribution in [2.24, 2.45) is 0 Å². The summed E-state index contributed by atoms with van der Waals surface area (Å²) in [6.07, 6.45) is 0. The number of halogens is 1. The third kappa shape index (κ3) is 2.56. The summed E-state index contributed by atoms with van der Waals surface area (Å²) in [5, 5.41) is 16.2. The van der Waals surface area contributed by atoms with Gasteiger partial charge in [-0.1, -0.05) is 23.1 Å². The van der Waals surface area contributed by atoms with Crippen LogP contribution >= 0.6 is 23.1 Å². The molecule has 0 saturated heterocycles. The summed E-state index contributed by atoms with van der Waals surface area (Å²) in [5.41, 5.74) is 2.61. The van der Waals surface area contributed by atoms with Gasteiger partial charge in [-0.3, -0.25) is 0 Å². The highest BCUT2D eigenvalue weighted by Crippen LogP contribution is 2.25. The van der Waals surface area contributed by atoms with E-state index in [-0.39, 0.29) is 5.82 Å². The highest BCUT2D eigenvalue weighted by Gasteiger charge is 2.05. The van der Waals surface area contributed by atoms with E-state index in [0.29, 0.717) is 16.9 Å². The molecule has 0 atom stereocenters. The zero-order valence-electron chi connectivity index (χ0n) is 8.05. The first-order valence-corrected chi connectivity index (χ1v) is 6.23. The number of nitrogens with zero attached hydrogens (tertiary/aromatic N) is 3. The highest BCUT2D eigenvalue weighted by molar-refractivity contribution is 8.00. The van der Waals surface area contributed by atoms with Gasteiger partial charge in [0.05, 0.1) is 11.6 Å². The fourth-order valence-corrected chi connectivity index (χ4v) is 2.58. The topological polar surface area (TPSA) is 49.6 Å². The van der Waals surface area contributed by atoms with Crippen molar-refractivity contribution >= 4 is 23.1 Å². The fourth-order valence-electron chi connectivity index (χ4n) is 1.12. The lowest BCUT2D eigenvalue weighted by atomic mass is 10.1. The van der Waals surface area contributed by atoms with Crippen LogP contribution in [0.5, 0.6) is 0 Å². The Labute approximate surface area is 99.9 Å². The molecule has 2 aromatic rings. The minimum absolute atomic E-state index is 0.295. The standard InChI is InChI=1S/C10H6FN3S2/c11-9-2-1-7(4-12)3-8(9)5-15-10-14-13-6-16-10/h1-3,6H,5H2. The molecule has 1 aromatic carbocycles. The molecule has 80 valence electrons. The Kier molecular flexibility index (Phi) is 3.49. The number of nitriles is 1. The molecule has 0 aliphatic rings. The van der Waals surface area contributed by atoms with Gasteiger partial charge in [0.2, 0.25) is 0 Å². The maximum Gasteiger partial charge on any atom is 0.174 e. The van der Waals surface area contributed by atoms with Crippen molar-refractivity contribution in [3.8, 4) is 6.07 Å². The molecule has 0 spiro atoms. The smallest absolute Gasteiger partial charge is 0.174 e. The van der Waals surface area contributed by atoms with E-state index in [1.165, 1.54) is 35.2 Å². The molecule has 0 N–H and O–H groups in total. The molecule has 0 bridgehead atoms. The molecule has 0 amide bonds. The van der Waals surface area contributed by atoms with Crippen molar-refractivity contribution in [1.82, 2.24) is 10.2 Å². The van der Waals surface area contributed by atoms with Crippen molar-refractivity contribution in [2.75, 3.05) is 0 Å². The highest BCUT2D eigenvalue weighted by atomic mass is 32.2. The van der Waals surface area contributed by atoms with Crippen molar-refractivity contribution in [2.45, 2.75) is 10.1 Å². The van der Waals surface area contributed by atoms with Crippen molar-refractivity contribution in [3.63, 3.8) is 0 Å². The van der Waals surface area contributed by atoms with E-state index in [2.05, 4.69) is 10.2 Å². The van der Waals surface area contributed by atoms with Crippen LogP contribution < -0.4 is 0 Å². The monoisotopic (exact) mass is 251 g/mol. The van der Waals surface area contributed by atoms with Crippen LogP contribution in [0.1, 0.15) is 11.1 Å². The first kappa shape index (κ1) is 11.0.